The van der Waals surface area contributed by atoms with Gasteiger partial charge in [-0.3, -0.25) is 0 Å². The fourth-order valence-electron chi connectivity index (χ4n) is 1.70. The van der Waals surface area contributed by atoms with Crippen LogP contribution in [0.2, 0.25) is 0 Å². The average molecular weight is 239 g/mol. The van der Waals surface area contributed by atoms with Crippen molar-refractivity contribution in [3.8, 4) is 0 Å². The fourth-order valence-corrected chi connectivity index (χ4v) is 1.70. The molecule has 0 radical (unpaired) electrons. The molecule has 0 aliphatic heterocycles. The van der Waals surface area contributed by atoms with E-state index in [2.05, 4.69) is 17.1 Å². The molecule has 1 heterocycles. The normalized spacial score (nSPS) is 19.9. The van der Waals surface area contributed by atoms with Crippen molar-refractivity contribution in [2.24, 2.45) is 5.73 Å². The van der Waals surface area contributed by atoms with Crippen molar-refractivity contribution in [2.45, 2.75) is 57.6 Å². The van der Waals surface area contributed by atoms with Crippen LogP contribution in [-0.4, -0.2) is 22.9 Å². The fraction of sp³-hybridized carbons (Fsp3) is 0.833. The quantitative estimate of drug-likeness (QED) is 0.818. The first-order valence-corrected chi connectivity index (χ1v) is 6.35. The largest absolute Gasteiger partial charge is 0.376 e. The molecule has 0 bridgehead atoms. The minimum absolute atomic E-state index is 0.375. The molecular formula is C12H21N3O2. The van der Waals surface area contributed by atoms with Crippen LogP contribution in [0.4, 0.5) is 0 Å². The van der Waals surface area contributed by atoms with Crippen molar-refractivity contribution in [1.29, 1.82) is 0 Å². The Bertz CT molecular complexity index is 358. The van der Waals surface area contributed by atoms with Gasteiger partial charge >= 0.3 is 0 Å². The third-order valence-corrected chi connectivity index (χ3v) is 3.11. The lowest BCUT2D eigenvalue weighted by molar-refractivity contribution is -0.0222. The average Bonchev–Trinajstić information content (AvgIpc) is 2.65. The highest BCUT2D eigenvalue weighted by Gasteiger charge is 2.30. The van der Waals surface area contributed by atoms with E-state index in [4.69, 9.17) is 15.0 Å². The van der Waals surface area contributed by atoms with Gasteiger partial charge in [-0.1, -0.05) is 12.1 Å². The summed E-state index contributed by atoms with van der Waals surface area (Å²) >= 11 is 0. The Morgan fingerprint density at radius 1 is 1.53 bits per heavy atom. The van der Waals surface area contributed by atoms with E-state index in [0.29, 0.717) is 24.4 Å². The predicted octanol–water partition coefficient (Wildman–Crippen LogP) is 1.77. The summed E-state index contributed by atoms with van der Waals surface area (Å²) in [6.45, 7) is 4.40. The Labute approximate surface area is 102 Å². The third-order valence-electron chi connectivity index (χ3n) is 3.11. The van der Waals surface area contributed by atoms with Gasteiger partial charge in [0, 0.05) is 6.42 Å². The van der Waals surface area contributed by atoms with Gasteiger partial charge in [-0.25, -0.2) is 0 Å². The molecule has 0 aromatic carbocycles. The minimum atomic E-state index is -0.662. The van der Waals surface area contributed by atoms with E-state index in [-0.39, 0.29) is 0 Å². The van der Waals surface area contributed by atoms with Crippen LogP contribution in [0.15, 0.2) is 4.52 Å². The van der Waals surface area contributed by atoms with Crippen molar-refractivity contribution in [1.82, 2.24) is 10.1 Å². The molecule has 1 unspecified atom stereocenters. The summed E-state index contributed by atoms with van der Waals surface area (Å²) < 4.78 is 10.9. The lowest BCUT2D eigenvalue weighted by atomic mass is 9.95. The van der Waals surface area contributed by atoms with Gasteiger partial charge in [-0.15, -0.1) is 0 Å². The summed E-state index contributed by atoms with van der Waals surface area (Å²) in [5.74, 6) is 1.20. The number of rotatable bonds is 6. The Morgan fingerprint density at radius 2 is 2.29 bits per heavy atom. The highest BCUT2D eigenvalue weighted by Crippen LogP contribution is 2.24. The molecule has 0 amide bonds. The molecule has 1 aromatic heterocycles. The zero-order valence-electron chi connectivity index (χ0n) is 10.6. The molecule has 1 atom stereocenters. The SMILES string of the molecule is CCCc1nc(C(C)(N)COC2CCC2)no1. The maximum absolute atomic E-state index is 6.16. The molecule has 5 nitrogen and oxygen atoms in total. The van der Waals surface area contributed by atoms with Gasteiger partial charge in [0.2, 0.25) is 5.89 Å². The van der Waals surface area contributed by atoms with E-state index < -0.39 is 5.54 Å². The number of nitrogens with two attached hydrogens (primary N) is 1. The van der Waals surface area contributed by atoms with E-state index in [9.17, 15) is 0 Å². The molecule has 0 saturated heterocycles. The minimum Gasteiger partial charge on any atom is -0.376 e. The molecule has 96 valence electrons. The van der Waals surface area contributed by atoms with Gasteiger partial charge in [-0.05, 0) is 32.6 Å². The van der Waals surface area contributed by atoms with Crippen molar-refractivity contribution in [2.75, 3.05) is 6.61 Å². The second-order valence-electron chi connectivity index (χ2n) is 5.04. The molecule has 1 fully saturated rings. The van der Waals surface area contributed by atoms with Crippen LogP contribution in [-0.2, 0) is 16.7 Å². The van der Waals surface area contributed by atoms with Crippen LogP contribution in [0, 0.1) is 0 Å². The van der Waals surface area contributed by atoms with E-state index in [1.165, 1.54) is 6.42 Å². The summed E-state index contributed by atoms with van der Waals surface area (Å²) in [4.78, 5) is 4.31. The van der Waals surface area contributed by atoms with Crippen molar-refractivity contribution >= 4 is 0 Å². The van der Waals surface area contributed by atoms with E-state index in [0.717, 1.165) is 25.7 Å². The Hall–Kier alpha value is -0.940. The van der Waals surface area contributed by atoms with Crippen molar-refractivity contribution in [3.63, 3.8) is 0 Å². The molecule has 1 saturated carbocycles. The van der Waals surface area contributed by atoms with Crippen molar-refractivity contribution in [3.05, 3.63) is 11.7 Å². The number of hydrogen-bond donors (Lipinski definition) is 1. The third kappa shape index (κ3) is 3.04. The monoisotopic (exact) mass is 239 g/mol. The van der Waals surface area contributed by atoms with Crippen LogP contribution in [0.5, 0.6) is 0 Å². The van der Waals surface area contributed by atoms with Crippen LogP contribution >= 0.6 is 0 Å². The van der Waals surface area contributed by atoms with Crippen LogP contribution in [0.25, 0.3) is 0 Å². The van der Waals surface area contributed by atoms with Crippen LogP contribution < -0.4 is 5.73 Å². The molecular weight excluding hydrogens is 218 g/mol. The first-order chi connectivity index (χ1) is 8.12. The summed E-state index contributed by atoms with van der Waals surface area (Å²) in [5.41, 5.74) is 5.50. The van der Waals surface area contributed by atoms with Gasteiger partial charge in [0.25, 0.3) is 0 Å². The molecule has 1 aliphatic carbocycles. The van der Waals surface area contributed by atoms with Gasteiger partial charge in [0.05, 0.1) is 12.7 Å². The van der Waals surface area contributed by atoms with E-state index in [1.54, 1.807) is 0 Å². The first kappa shape index (κ1) is 12.5. The molecule has 2 N–H and O–H groups in total. The summed E-state index contributed by atoms with van der Waals surface area (Å²) in [5, 5.41) is 3.94. The van der Waals surface area contributed by atoms with Gasteiger partial charge in [0.1, 0.15) is 5.54 Å². The second-order valence-corrected chi connectivity index (χ2v) is 5.04. The lowest BCUT2D eigenvalue weighted by Crippen LogP contribution is -2.41. The zero-order valence-corrected chi connectivity index (χ0v) is 10.6. The standard InChI is InChI=1S/C12H21N3O2/c1-3-5-10-14-11(15-17-10)12(2,13)8-16-9-6-4-7-9/h9H,3-8,13H2,1-2H3. The number of ether oxygens (including phenoxy) is 1. The van der Waals surface area contributed by atoms with E-state index in [1.807, 2.05) is 6.92 Å². The number of hydrogen-bond acceptors (Lipinski definition) is 5. The molecule has 2 rings (SSSR count). The molecule has 1 aromatic rings. The molecule has 0 spiro atoms. The highest BCUT2D eigenvalue weighted by molar-refractivity contribution is 5.02. The first-order valence-electron chi connectivity index (χ1n) is 6.35. The van der Waals surface area contributed by atoms with Gasteiger partial charge in [-0.2, -0.15) is 4.98 Å². The smallest absolute Gasteiger partial charge is 0.226 e. The van der Waals surface area contributed by atoms with Crippen molar-refractivity contribution < 1.29 is 9.26 Å². The molecule has 1 aliphatic rings. The zero-order chi connectivity index (χ0) is 12.3. The Balaban J connectivity index is 1.91. The summed E-state index contributed by atoms with van der Waals surface area (Å²) in [6.07, 6.45) is 5.70. The Morgan fingerprint density at radius 3 is 2.88 bits per heavy atom. The summed E-state index contributed by atoms with van der Waals surface area (Å²) in [6, 6.07) is 0. The van der Waals surface area contributed by atoms with E-state index >= 15 is 0 Å². The van der Waals surface area contributed by atoms with Gasteiger partial charge < -0.3 is 15.0 Å². The second kappa shape index (κ2) is 5.14. The number of aryl methyl sites for hydroxylation is 1. The summed E-state index contributed by atoms with van der Waals surface area (Å²) in [7, 11) is 0. The maximum atomic E-state index is 6.16. The number of nitrogens with zero attached hydrogens (tertiary/aromatic N) is 2. The van der Waals surface area contributed by atoms with Crippen LogP contribution in [0.1, 0.15) is 51.2 Å². The molecule has 5 heteroatoms. The Kier molecular flexibility index (Phi) is 3.79. The highest BCUT2D eigenvalue weighted by atomic mass is 16.5. The number of aromatic nitrogens is 2. The predicted molar refractivity (Wildman–Crippen MR) is 63.4 cm³/mol. The van der Waals surface area contributed by atoms with Crippen LogP contribution in [0.3, 0.4) is 0 Å². The molecule has 17 heavy (non-hydrogen) atoms. The van der Waals surface area contributed by atoms with Gasteiger partial charge in [0.15, 0.2) is 5.82 Å². The topological polar surface area (TPSA) is 74.2 Å². The lowest BCUT2D eigenvalue weighted by Gasteiger charge is -2.29. The maximum Gasteiger partial charge on any atom is 0.226 e.